The predicted molar refractivity (Wildman–Crippen MR) is 152 cm³/mol. The fourth-order valence-corrected chi connectivity index (χ4v) is 4.64. The molecule has 0 aromatic heterocycles. The van der Waals surface area contributed by atoms with Crippen molar-refractivity contribution in [3.8, 4) is 17.2 Å². The van der Waals surface area contributed by atoms with Crippen LogP contribution in [-0.4, -0.2) is 35.6 Å². The Bertz CT molecular complexity index is 1390. The molecule has 1 aliphatic heterocycles. The van der Waals surface area contributed by atoms with E-state index >= 15 is 0 Å². The molecule has 1 N–H and O–H groups in total. The molecule has 0 saturated carbocycles. The van der Waals surface area contributed by atoms with Crippen molar-refractivity contribution in [3.63, 3.8) is 0 Å². The second-order valence-corrected chi connectivity index (χ2v) is 9.98. The van der Waals surface area contributed by atoms with Gasteiger partial charge >= 0.3 is 0 Å². The minimum Gasteiger partial charge on any atom is -0.507 e. The molecule has 0 bridgehead atoms. The van der Waals surface area contributed by atoms with E-state index in [1.54, 1.807) is 54.6 Å². The number of hydrogen-bond donors (Lipinski definition) is 1. The highest BCUT2D eigenvalue weighted by Gasteiger charge is 2.47. The van der Waals surface area contributed by atoms with E-state index < -0.39 is 17.7 Å². The van der Waals surface area contributed by atoms with E-state index in [-0.39, 0.29) is 23.5 Å². The van der Waals surface area contributed by atoms with Crippen LogP contribution in [0, 0.1) is 6.92 Å². The largest absolute Gasteiger partial charge is 0.507 e. The highest BCUT2D eigenvalue weighted by molar-refractivity contribution is 6.51. The molecule has 0 radical (unpaired) electrons. The number of carbonyl (C=O) groups is 2. The Hall–Kier alpha value is -4.26. The van der Waals surface area contributed by atoms with E-state index in [9.17, 15) is 14.7 Å². The van der Waals surface area contributed by atoms with Crippen molar-refractivity contribution in [2.24, 2.45) is 0 Å². The number of carbonyl (C=O) groups excluding carboxylic acids is 2. The summed E-state index contributed by atoms with van der Waals surface area (Å²) in [5, 5.41) is 11.5. The number of aliphatic hydroxyl groups is 1. The standard InChI is InChI=1S/C32H35NO6/c1-7-37-26-10-8-9-24(18-26)33-29(22-11-14-25(15-12-22)38-19(2)3)28(31(35)32(33)36)30(34)23-13-16-27(21(6)17-23)39-20(4)5/h8-20,29,34H,7H2,1-6H3/b30-28-. The lowest BCUT2D eigenvalue weighted by atomic mass is 9.94. The fraction of sp³-hybridized carbons (Fsp3) is 0.312. The average molecular weight is 530 g/mol. The molecule has 0 aliphatic carbocycles. The molecule has 3 aromatic rings. The first-order valence-corrected chi connectivity index (χ1v) is 13.2. The molecule has 7 nitrogen and oxygen atoms in total. The second-order valence-electron chi connectivity index (χ2n) is 9.98. The van der Waals surface area contributed by atoms with Crippen LogP contribution >= 0.6 is 0 Å². The van der Waals surface area contributed by atoms with Gasteiger partial charge in [0.15, 0.2) is 0 Å². The molecule has 1 atom stereocenters. The Labute approximate surface area is 229 Å². The molecule has 1 unspecified atom stereocenters. The van der Waals surface area contributed by atoms with Gasteiger partial charge in [-0.25, -0.2) is 0 Å². The van der Waals surface area contributed by atoms with E-state index in [1.807, 2.05) is 53.7 Å². The third-order valence-corrected chi connectivity index (χ3v) is 6.23. The number of ketones is 1. The smallest absolute Gasteiger partial charge is 0.300 e. The summed E-state index contributed by atoms with van der Waals surface area (Å²) in [5.74, 6) is 0.194. The summed E-state index contributed by atoms with van der Waals surface area (Å²) in [7, 11) is 0. The predicted octanol–water partition coefficient (Wildman–Crippen LogP) is 6.59. The number of hydrogen-bond acceptors (Lipinski definition) is 6. The van der Waals surface area contributed by atoms with Crippen LogP contribution in [0.4, 0.5) is 5.69 Å². The maximum atomic E-state index is 13.5. The van der Waals surface area contributed by atoms with Crippen LogP contribution in [0.1, 0.15) is 57.4 Å². The fourth-order valence-electron chi connectivity index (χ4n) is 4.64. The van der Waals surface area contributed by atoms with Gasteiger partial charge in [-0.15, -0.1) is 0 Å². The Morgan fingerprint density at radius 3 is 2.21 bits per heavy atom. The van der Waals surface area contributed by atoms with Crippen LogP contribution in [0.25, 0.3) is 5.76 Å². The summed E-state index contributed by atoms with van der Waals surface area (Å²) in [6.07, 6.45) is -0.0164. The second kappa shape index (κ2) is 11.6. The Balaban J connectivity index is 1.86. The third kappa shape index (κ3) is 5.93. The summed E-state index contributed by atoms with van der Waals surface area (Å²) in [5.41, 5.74) is 2.39. The molecule has 3 aromatic carbocycles. The van der Waals surface area contributed by atoms with Gasteiger partial charge in [0.1, 0.15) is 23.0 Å². The van der Waals surface area contributed by atoms with Crippen molar-refractivity contribution in [3.05, 3.63) is 89.0 Å². The lowest BCUT2D eigenvalue weighted by molar-refractivity contribution is -0.132. The van der Waals surface area contributed by atoms with Gasteiger partial charge in [0, 0.05) is 17.3 Å². The number of anilines is 1. The van der Waals surface area contributed by atoms with Crippen LogP contribution in [0.15, 0.2) is 72.3 Å². The van der Waals surface area contributed by atoms with E-state index in [1.165, 1.54) is 4.90 Å². The van der Waals surface area contributed by atoms with E-state index in [4.69, 9.17) is 14.2 Å². The van der Waals surface area contributed by atoms with Crippen molar-refractivity contribution in [2.75, 3.05) is 11.5 Å². The molecule has 1 fully saturated rings. The van der Waals surface area contributed by atoms with Crippen molar-refractivity contribution in [1.82, 2.24) is 0 Å². The number of aryl methyl sites for hydroxylation is 1. The van der Waals surface area contributed by atoms with Gasteiger partial charge in [-0.2, -0.15) is 0 Å². The summed E-state index contributed by atoms with van der Waals surface area (Å²) in [4.78, 5) is 28.4. The van der Waals surface area contributed by atoms with Crippen LogP contribution in [-0.2, 0) is 9.59 Å². The Morgan fingerprint density at radius 1 is 0.897 bits per heavy atom. The SMILES string of the molecule is CCOc1cccc(N2C(=O)C(=O)/C(=C(\O)c3ccc(OC(C)C)c(C)c3)C2c2ccc(OC(C)C)cc2)c1. The van der Waals surface area contributed by atoms with Gasteiger partial charge in [0.25, 0.3) is 11.7 Å². The zero-order valence-corrected chi connectivity index (χ0v) is 23.2. The average Bonchev–Trinajstić information content (AvgIpc) is 3.15. The summed E-state index contributed by atoms with van der Waals surface area (Å²) in [6, 6.07) is 18.6. The molecular formula is C32H35NO6. The minimum atomic E-state index is -0.859. The van der Waals surface area contributed by atoms with Gasteiger partial charge in [0.2, 0.25) is 0 Å². The molecule has 0 spiro atoms. The molecule has 4 rings (SSSR count). The lowest BCUT2D eigenvalue weighted by Gasteiger charge is -2.26. The molecule has 1 amide bonds. The van der Waals surface area contributed by atoms with E-state index in [0.29, 0.717) is 40.7 Å². The lowest BCUT2D eigenvalue weighted by Crippen LogP contribution is -2.29. The summed E-state index contributed by atoms with van der Waals surface area (Å²) < 4.78 is 17.3. The monoisotopic (exact) mass is 529 g/mol. The molecule has 39 heavy (non-hydrogen) atoms. The molecule has 204 valence electrons. The van der Waals surface area contributed by atoms with Crippen LogP contribution in [0.3, 0.4) is 0 Å². The molecule has 1 heterocycles. The van der Waals surface area contributed by atoms with E-state index in [2.05, 4.69) is 0 Å². The molecule has 1 aliphatic rings. The minimum absolute atomic E-state index is 0.00585. The number of benzene rings is 3. The number of amides is 1. The third-order valence-electron chi connectivity index (χ3n) is 6.23. The number of nitrogens with zero attached hydrogens (tertiary/aromatic N) is 1. The van der Waals surface area contributed by atoms with Gasteiger partial charge in [-0.05, 0) is 95.1 Å². The Kier molecular flexibility index (Phi) is 8.29. The number of rotatable bonds is 9. The first-order chi connectivity index (χ1) is 18.6. The van der Waals surface area contributed by atoms with Gasteiger partial charge in [-0.3, -0.25) is 14.5 Å². The molecular weight excluding hydrogens is 494 g/mol. The first-order valence-electron chi connectivity index (χ1n) is 13.2. The zero-order valence-electron chi connectivity index (χ0n) is 23.2. The maximum Gasteiger partial charge on any atom is 0.300 e. The van der Waals surface area contributed by atoms with Crippen LogP contribution in [0.5, 0.6) is 17.2 Å². The number of aliphatic hydroxyl groups excluding tert-OH is 1. The molecule has 1 saturated heterocycles. The quantitative estimate of drug-likeness (QED) is 0.191. The highest BCUT2D eigenvalue weighted by atomic mass is 16.5. The number of ether oxygens (including phenoxy) is 3. The van der Waals surface area contributed by atoms with Crippen LogP contribution in [0.2, 0.25) is 0 Å². The van der Waals surface area contributed by atoms with Crippen molar-refractivity contribution in [1.29, 1.82) is 0 Å². The van der Waals surface area contributed by atoms with E-state index in [0.717, 1.165) is 5.56 Å². The molecule has 7 heteroatoms. The van der Waals surface area contributed by atoms with Gasteiger partial charge in [0.05, 0.1) is 30.4 Å². The summed E-state index contributed by atoms with van der Waals surface area (Å²) in [6.45, 7) is 12.0. The first kappa shape index (κ1) is 27.8. The summed E-state index contributed by atoms with van der Waals surface area (Å²) >= 11 is 0. The van der Waals surface area contributed by atoms with Crippen molar-refractivity contribution in [2.45, 2.75) is 59.8 Å². The highest BCUT2D eigenvalue weighted by Crippen LogP contribution is 2.43. The van der Waals surface area contributed by atoms with Gasteiger partial charge in [-0.1, -0.05) is 18.2 Å². The topological polar surface area (TPSA) is 85.3 Å². The van der Waals surface area contributed by atoms with Gasteiger partial charge < -0.3 is 19.3 Å². The Morgan fingerprint density at radius 2 is 1.59 bits per heavy atom. The maximum absolute atomic E-state index is 13.5. The van der Waals surface area contributed by atoms with Crippen molar-refractivity contribution >= 4 is 23.1 Å². The number of Topliss-reactive ketones (excluding diaryl/α,β-unsaturated/α-hetero) is 1. The van der Waals surface area contributed by atoms with Crippen LogP contribution < -0.4 is 19.1 Å². The van der Waals surface area contributed by atoms with Crippen molar-refractivity contribution < 1.29 is 28.9 Å². The zero-order chi connectivity index (χ0) is 28.3. The normalized spacial score (nSPS) is 16.7.